The quantitative estimate of drug-likeness (QED) is 0.685. The summed E-state index contributed by atoms with van der Waals surface area (Å²) in [5.41, 5.74) is 0.685. The smallest absolute Gasteiger partial charge is 0.169 e. The number of carbonyl (C=O) groups excluding carboxylic acids is 1. The zero-order valence-electron chi connectivity index (χ0n) is 8.91. The van der Waals surface area contributed by atoms with Crippen LogP contribution in [0.25, 0.3) is 0 Å². The number of Topliss-reactive ketones (excluding diaryl/α,β-unsaturated/α-hetero) is 1. The van der Waals surface area contributed by atoms with Crippen molar-refractivity contribution in [3.63, 3.8) is 0 Å². The average molecular weight is 192 g/mol. The molecule has 0 bridgehead atoms. The molecule has 1 aromatic carbocycles. The third-order valence-electron chi connectivity index (χ3n) is 1.98. The van der Waals surface area contributed by atoms with Crippen LogP contribution < -0.4 is 4.74 Å². The Labute approximate surface area is 84.9 Å². The first-order valence-corrected chi connectivity index (χ1v) is 4.92. The van der Waals surface area contributed by atoms with Gasteiger partial charge in [0.05, 0.1) is 12.2 Å². The molecule has 76 valence electrons. The third kappa shape index (κ3) is 2.34. The third-order valence-corrected chi connectivity index (χ3v) is 1.98. The molecule has 0 N–H and O–H groups in total. The van der Waals surface area contributed by atoms with Crippen molar-refractivity contribution in [1.29, 1.82) is 0 Å². The SMILES string of the molecule is CCOc1ccccc1C(=O)C(C)C. The maximum absolute atomic E-state index is 11.8. The second-order valence-electron chi connectivity index (χ2n) is 3.45. The molecule has 14 heavy (non-hydrogen) atoms. The van der Waals surface area contributed by atoms with Crippen molar-refractivity contribution in [3.05, 3.63) is 29.8 Å². The summed E-state index contributed by atoms with van der Waals surface area (Å²) in [4.78, 5) is 11.8. The molecule has 0 aliphatic rings. The van der Waals surface area contributed by atoms with Gasteiger partial charge < -0.3 is 4.74 Å². The van der Waals surface area contributed by atoms with Crippen molar-refractivity contribution in [2.24, 2.45) is 5.92 Å². The largest absolute Gasteiger partial charge is 0.493 e. The Balaban J connectivity index is 3.00. The van der Waals surface area contributed by atoms with Crippen LogP contribution in [0, 0.1) is 5.92 Å². The fourth-order valence-electron chi connectivity index (χ4n) is 1.26. The lowest BCUT2D eigenvalue weighted by Gasteiger charge is -2.10. The molecule has 0 unspecified atom stereocenters. The van der Waals surface area contributed by atoms with E-state index in [9.17, 15) is 4.79 Å². The van der Waals surface area contributed by atoms with Crippen LogP contribution in [0.2, 0.25) is 0 Å². The van der Waals surface area contributed by atoms with Crippen LogP contribution in [0.5, 0.6) is 5.75 Å². The van der Waals surface area contributed by atoms with Crippen molar-refractivity contribution < 1.29 is 9.53 Å². The Kier molecular flexibility index (Phi) is 3.69. The van der Waals surface area contributed by atoms with Gasteiger partial charge in [0, 0.05) is 5.92 Å². The summed E-state index contributed by atoms with van der Waals surface area (Å²) in [6, 6.07) is 7.38. The van der Waals surface area contributed by atoms with Crippen LogP contribution in [-0.4, -0.2) is 12.4 Å². The minimum Gasteiger partial charge on any atom is -0.493 e. The standard InChI is InChI=1S/C12H16O2/c1-4-14-11-8-6-5-7-10(11)12(13)9(2)3/h5-9H,4H2,1-3H3. The van der Waals surface area contributed by atoms with E-state index in [1.165, 1.54) is 0 Å². The van der Waals surface area contributed by atoms with E-state index in [2.05, 4.69) is 0 Å². The van der Waals surface area contributed by atoms with E-state index in [1.54, 1.807) is 0 Å². The van der Waals surface area contributed by atoms with Crippen LogP contribution >= 0.6 is 0 Å². The zero-order chi connectivity index (χ0) is 10.6. The number of hydrogen-bond donors (Lipinski definition) is 0. The summed E-state index contributed by atoms with van der Waals surface area (Å²) >= 11 is 0. The molecule has 2 heteroatoms. The summed E-state index contributed by atoms with van der Waals surface area (Å²) in [5, 5.41) is 0. The van der Waals surface area contributed by atoms with Crippen molar-refractivity contribution in [2.45, 2.75) is 20.8 Å². The second-order valence-corrected chi connectivity index (χ2v) is 3.45. The summed E-state index contributed by atoms with van der Waals surface area (Å²) in [7, 11) is 0. The number of carbonyl (C=O) groups is 1. The molecular weight excluding hydrogens is 176 g/mol. The molecule has 0 atom stereocenters. The normalized spacial score (nSPS) is 10.3. The van der Waals surface area contributed by atoms with Gasteiger partial charge in [-0.15, -0.1) is 0 Å². The van der Waals surface area contributed by atoms with E-state index >= 15 is 0 Å². The van der Waals surface area contributed by atoms with E-state index in [4.69, 9.17) is 4.74 Å². The van der Waals surface area contributed by atoms with Gasteiger partial charge in [-0.1, -0.05) is 26.0 Å². The zero-order valence-corrected chi connectivity index (χ0v) is 8.91. The minimum absolute atomic E-state index is 0.0107. The topological polar surface area (TPSA) is 26.3 Å². The van der Waals surface area contributed by atoms with Gasteiger partial charge in [-0.25, -0.2) is 0 Å². The van der Waals surface area contributed by atoms with E-state index < -0.39 is 0 Å². The van der Waals surface area contributed by atoms with E-state index in [0.29, 0.717) is 17.9 Å². The summed E-state index contributed by atoms with van der Waals surface area (Å²) in [6.45, 7) is 6.29. The molecule has 0 aromatic heterocycles. The first-order valence-electron chi connectivity index (χ1n) is 4.92. The summed E-state index contributed by atoms with van der Waals surface area (Å²) in [5.74, 6) is 0.833. The fourth-order valence-corrected chi connectivity index (χ4v) is 1.26. The lowest BCUT2D eigenvalue weighted by atomic mass is 10.0. The molecule has 2 nitrogen and oxygen atoms in total. The van der Waals surface area contributed by atoms with Gasteiger partial charge in [-0.05, 0) is 19.1 Å². The number of ether oxygens (including phenoxy) is 1. The maximum Gasteiger partial charge on any atom is 0.169 e. The average Bonchev–Trinajstić information content (AvgIpc) is 2.18. The lowest BCUT2D eigenvalue weighted by molar-refractivity contribution is 0.0935. The van der Waals surface area contributed by atoms with Gasteiger partial charge in [0.15, 0.2) is 5.78 Å². The summed E-state index contributed by atoms with van der Waals surface area (Å²) in [6.07, 6.45) is 0. The molecule has 0 spiro atoms. The highest BCUT2D eigenvalue weighted by molar-refractivity contribution is 5.99. The Bertz CT molecular complexity index is 316. The predicted octanol–water partition coefficient (Wildman–Crippen LogP) is 2.92. The molecule has 0 heterocycles. The monoisotopic (exact) mass is 192 g/mol. The minimum atomic E-state index is 0.0107. The number of rotatable bonds is 4. The van der Waals surface area contributed by atoms with Crippen LogP contribution in [0.4, 0.5) is 0 Å². The van der Waals surface area contributed by atoms with Crippen molar-refractivity contribution in [2.75, 3.05) is 6.61 Å². The highest BCUT2D eigenvalue weighted by Crippen LogP contribution is 2.21. The second kappa shape index (κ2) is 4.80. The van der Waals surface area contributed by atoms with Crippen LogP contribution in [0.3, 0.4) is 0 Å². The van der Waals surface area contributed by atoms with E-state index in [1.807, 2.05) is 45.0 Å². The van der Waals surface area contributed by atoms with Gasteiger partial charge in [0.2, 0.25) is 0 Å². The van der Waals surface area contributed by atoms with Crippen LogP contribution in [0.1, 0.15) is 31.1 Å². The molecule has 0 fully saturated rings. The molecule has 0 amide bonds. The summed E-state index contributed by atoms with van der Waals surface area (Å²) < 4.78 is 5.39. The van der Waals surface area contributed by atoms with Crippen LogP contribution in [-0.2, 0) is 0 Å². The van der Waals surface area contributed by atoms with Crippen molar-refractivity contribution in [3.8, 4) is 5.75 Å². The highest BCUT2D eigenvalue weighted by atomic mass is 16.5. The van der Waals surface area contributed by atoms with Crippen molar-refractivity contribution >= 4 is 5.78 Å². The number of benzene rings is 1. The van der Waals surface area contributed by atoms with E-state index in [0.717, 1.165) is 0 Å². The molecule has 1 rings (SSSR count). The number of ketones is 1. The number of hydrogen-bond acceptors (Lipinski definition) is 2. The first-order chi connectivity index (χ1) is 6.66. The van der Waals surface area contributed by atoms with Gasteiger partial charge >= 0.3 is 0 Å². The lowest BCUT2D eigenvalue weighted by Crippen LogP contribution is -2.09. The van der Waals surface area contributed by atoms with Gasteiger partial charge in [-0.3, -0.25) is 4.79 Å². The Morgan fingerprint density at radius 1 is 1.36 bits per heavy atom. The highest BCUT2D eigenvalue weighted by Gasteiger charge is 2.14. The number of para-hydroxylation sites is 1. The molecule has 0 saturated heterocycles. The van der Waals surface area contributed by atoms with Crippen molar-refractivity contribution in [1.82, 2.24) is 0 Å². The van der Waals surface area contributed by atoms with Gasteiger partial charge in [-0.2, -0.15) is 0 Å². The molecule has 0 aliphatic heterocycles. The maximum atomic E-state index is 11.8. The van der Waals surface area contributed by atoms with Gasteiger partial charge in [0.25, 0.3) is 0 Å². The molecule has 0 radical (unpaired) electrons. The van der Waals surface area contributed by atoms with Crippen LogP contribution in [0.15, 0.2) is 24.3 Å². The Morgan fingerprint density at radius 3 is 2.57 bits per heavy atom. The predicted molar refractivity (Wildman–Crippen MR) is 56.8 cm³/mol. The molecule has 0 aliphatic carbocycles. The Morgan fingerprint density at radius 2 is 2.00 bits per heavy atom. The van der Waals surface area contributed by atoms with E-state index in [-0.39, 0.29) is 11.7 Å². The van der Waals surface area contributed by atoms with Gasteiger partial charge in [0.1, 0.15) is 5.75 Å². The molecular formula is C12H16O2. The first kappa shape index (κ1) is 10.8. The fraction of sp³-hybridized carbons (Fsp3) is 0.417. The molecule has 1 aromatic rings. The Hall–Kier alpha value is -1.31. The molecule has 0 saturated carbocycles.